The number of ether oxygens (including phenoxy) is 1. The number of halogens is 1. The lowest BCUT2D eigenvalue weighted by Gasteiger charge is -2.39. The molecule has 1 fully saturated rings. The third-order valence-electron chi connectivity index (χ3n) is 4.40. The normalized spacial score (nSPS) is 18.3. The van der Waals surface area contributed by atoms with Crippen molar-refractivity contribution in [2.75, 3.05) is 36.6 Å². The summed E-state index contributed by atoms with van der Waals surface area (Å²) in [5.41, 5.74) is 4.85. The lowest BCUT2D eigenvalue weighted by atomic mass is 10.00. The van der Waals surface area contributed by atoms with Gasteiger partial charge in [0.2, 0.25) is 0 Å². The maximum absolute atomic E-state index is 10.3. The van der Waals surface area contributed by atoms with Crippen molar-refractivity contribution in [2.24, 2.45) is 0 Å². The first-order valence-electron chi connectivity index (χ1n) is 7.73. The Morgan fingerprint density at radius 1 is 1.22 bits per heavy atom. The summed E-state index contributed by atoms with van der Waals surface area (Å²) in [4.78, 5) is 2.17. The van der Waals surface area contributed by atoms with Crippen LogP contribution < -0.4 is 10.2 Å². The zero-order valence-electron chi connectivity index (χ0n) is 13.0. The molecule has 2 aliphatic rings. The van der Waals surface area contributed by atoms with Crippen molar-refractivity contribution in [3.8, 4) is 11.1 Å². The Morgan fingerprint density at radius 3 is 2.74 bits per heavy atom. The van der Waals surface area contributed by atoms with E-state index in [-0.39, 0.29) is 0 Å². The molecule has 0 saturated carbocycles. The lowest BCUT2D eigenvalue weighted by Crippen LogP contribution is -2.57. The molecular weight excluding hydrogens is 312 g/mol. The molecular formula is C18H19ClN2O2. The van der Waals surface area contributed by atoms with Gasteiger partial charge in [-0.05, 0) is 47.9 Å². The van der Waals surface area contributed by atoms with Gasteiger partial charge in [0.25, 0.3) is 0 Å². The minimum absolute atomic E-state index is 0.409. The average Bonchev–Trinajstić information content (AvgIpc) is 2.87. The van der Waals surface area contributed by atoms with Crippen molar-refractivity contribution in [1.82, 2.24) is 0 Å². The molecule has 2 aromatic rings. The summed E-state index contributed by atoms with van der Waals surface area (Å²) in [6.45, 7) is 4.14. The molecule has 4 rings (SSSR count). The second-order valence-corrected chi connectivity index (χ2v) is 6.94. The third-order valence-corrected chi connectivity index (χ3v) is 4.62. The predicted octanol–water partition coefficient (Wildman–Crippen LogP) is 3.27. The zero-order chi connectivity index (χ0) is 16.0. The van der Waals surface area contributed by atoms with Gasteiger partial charge in [0.1, 0.15) is 5.60 Å². The Kier molecular flexibility index (Phi) is 3.48. The van der Waals surface area contributed by atoms with Gasteiger partial charge in [-0.1, -0.05) is 23.7 Å². The molecule has 0 aliphatic carbocycles. The second-order valence-electron chi connectivity index (χ2n) is 6.50. The van der Waals surface area contributed by atoms with Crippen LogP contribution >= 0.6 is 11.6 Å². The molecule has 23 heavy (non-hydrogen) atoms. The fourth-order valence-electron chi connectivity index (χ4n) is 3.22. The summed E-state index contributed by atoms with van der Waals surface area (Å²) in [6.07, 6.45) is 0. The molecule has 5 heteroatoms. The van der Waals surface area contributed by atoms with Crippen LogP contribution in [0.25, 0.3) is 11.1 Å². The standard InChI is InChI=1S/C18H19ClN2O2/c1-12-4-14(6-15(19)5-12)13-2-3-16-17(7-13)21(11-20-16)8-18(22)9-23-10-18/h2-7,20,22H,8-11H2,1H3. The number of fused-ring (bicyclic) bond motifs is 1. The van der Waals surface area contributed by atoms with Crippen LogP contribution in [0.5, 0.6) is 0 Å². The molecule has 2 heterocycles. The number of aryl methyl sites for hydroxylation is 1. The molecule has 0 spiro atoms. The van der Waals surface area contributed by atoms with Crippen molar-refractivity contribution >= 4 is 23.0 Å². The molecule has 2 aliphatic heterocycles. The van der Waals surface area contributed by atoms with E-state index in [2.05, 4.69) is 34.5 Å². The Hall–Kier alpha value is -1.75. The molecule has 0 unspecified atom stereocenters. The number of β-amino-alcohol motifs (C(OH)–C–C–N with tert-alkyl or cyclic N) is 1. The number of hydrogen-bond donors (Lipinski definition) is 2. The summed E-state index contributed by atoms with van der Waals surface area (Å²) in [6, 6.07) is 12.4. The Morgan fingerprint density at radius 2 is 2.04 bits per heavy atom. The molecule has 0 atom stereocenters. The highest BCUT2D eigenvalue weighted by molar-refractivity contribution is 6.31. The maximum Gasteiger partial charge on any atom is 0.128 e. The quantitative estimate of drug-likeness (QED) is 0.906. The minimum atomic E-state index is -0.730. The molecule has 1 saturated heterocycles. The van der Waals surface area contributed by atoms with E-state index in [1.807, 2.05) is 19.1 Å². The number of nitrogens with one attached hydrogen (secondary N) is 1. The van der Waals surface area contributed by atoms with Gasteiger partial charge in [0.05, 0.1) is 37.8 Å². The van der Waals surface area contributed by atoms with Crippen LogP contribution in [0.15, 0.2) is 36.4 Å². The van der Waals surface area contributed by atoms with E-state index in [0.29, 0.717) is 26.4 Å². The first-order valence-corrected chi connectivity index (χ1v) is 8.11. The summed E-state index contributed by atoms with van der Waals surface area (Å²) in [5.74, 6) is 0. The second kappa shape index (κ2) is 5.41. The van der Waals surface area contributed by atoms with Gasteiger partial charge in [0.15, 0.2) is 0 Å². The number of benzene rings is 2. The fourth-order valence-corrected chi connectivity index (χ4v) is 3.51. The Bertz CT molecular complexity index is 738. The van der Waals surface area contributed by atoms with E-state index in [1.54, 1.807) is 0 Å². The van der Waals surface area contributed by atoms with E-state index in [1.165, 1.54) is 0 Å². The SMILES string of the molecule is Cc1cc(Cl)cc(-c2ccc3c(c2)N(CC2(O)COC2)CN3)c1. The highest BCUT2D eigenvalue weighted by atomic mass is 35.5. The smallest absolute Gasteiger partial charge is 0.128 e. The number of nitrogens with zero attached hydrogens (tertiary/aromatic N) is 1. The van der Waals surface area contributed by atoms with Gasteiger partial charge in [0, 0.05) is 5.02 Å². The van der Waals surface area contributed by atoms with Gasteiger partial charge in [-0.3, -0.25) is 0 Å². The largest absolute Gasteiger partial charge is 0.383 e. The van der Waals surface area contributed by atoms with Crippen LogP contribution in [0.4, 0.5) is 11.4 Å². The van der Waals surface area contributed by atoms with Gasteiger partial charge in [-0.25, -0.2) is 0 Å². The predicted molar refractivity (Wildman–Crippen MR) is 93.2 cm³/mol. The van der Waals surface area contributed by atoms with Crippen LogP contribution in [0.2, 0.25) is 5.02 Å². The topological polar surface area (TPSA) is 44.7 Å². The maximum atomic E-state index is 10.3. The highest BCUT2D eigenvalue weighted by Crippen LogP contribution is 2.37. The molecule has 0 amide bonds. The number of rotatable bonds is 3. The Balaban J connectivity index is 1.67. The first kappa shape index (κ1) is 14.8. The number of hydrogen-bond acceptors (Lipinski definition) is 4. The van der Waals surface area contributed by atoms with Crippen LogP contribution in [0.1, 0.15) is 5.56 Å². The van der Waals surface area contributed by atoms with Crippen LogP contribution in [-0.2, 0) is 4.74 Å². The van der Waals surface area contributed by atoms with Gasteiger partial charge in [-0.15, -0.1) is 0 Å². The monoisotopic (exact) mass is 330 g/mol. The first-order chi connectivity index (χ1) is 11.0. The lowest BCUT2D eigenvalue weighted by molar-refractivity contribution is -0.171. The average molecular weight is 331 g/mol. The van der Waals surface area contributed by atoms with E-state index in [0.717, 1.165) is 33.1 Å². The summed E-state index contributed by atoms with van der Waals surface area (Å²) >= 11 is 6.19. The Labute approximate surface area is 140 Å². The number of anilines is 2. The van der Waals surface area contributed by atoms with Gasteiger partial charge in [-0.2, -0.15) is 0 Å². The molecule has 2 N–H and O–H groups in total. The van der Waals surface area contributed by atoms with Crippen molar-refractivity contribution in [3.63, 3.8) is 0 Å². The van der Waals surface area contributed by atoms with Crippen molar-refractivity contribution in [1.29, 1.82) is 0 Å². The highest BCUT2D eigenvalue weighted by Gasteiger charge is 2.39. The van der Waals surface area contributed by atoms with Crippen molar-refractivity contribution in [2.45, 2.75) is 12.5 Å². The number of aliphatic hydroxyl groups is 1. The third kappa shape index (κ3) is 2.78. The van der Waals surface area contributed by atoms with E-state index in [4.69, 9.17) is 16.3 Å². The van der Waals surface area contributed by atoms with E-state index >= 15 is 0 Å². The van der Waals surface area contributed by atoms with E-state index in [9.17, 15) is 5.11 Å². The summed E-state index contributed by atoms with van der Waals surface area (Å²) in [5, 5.41) is 14.5. The molecule has 4 nitrogen and oxygen atoms in total. The summed E-state index contributed by atoms with van der Waals surface area (Å²) < 4.78 is 5.14. The van der Waals surface area contributed by atoms with Crippen molar-refractivity contribution < 1.29 is 9.84 Å². The zero-order valence-corrected chi connectivity index (χ0v) is 13.7. The van der Waals surface area contributed by atoms with Gasteiger partial charge < -0.3 is 20.1 Å². The van der Waals surface area contributed by atoms with Crippen LogP contribution in [0.3, 0.4) is 0 Å². The van der Waals surface area contributed by atoms with Crippen LogP contribution in [-0.4, -0.2) is 37.1 Å². The summed E-state index contributed by atoms with van der Waals surface area (Å²) in [7, 11) is 0. The fraction of sp³-hybridized carbons (Fsp3) is 0.333. The van der Waals surface area contributed by atoms with Crippen molar-refractivity contribution in [3.05, 3.63) is 47.0 Å². The van der Waals surface area contributed by atoms with Crippen LogP contribution in [0, 0.1) is 6.92 Å². The molecule has 0 radical (unpaired) electrons. The van der Waals surface area contributed by atoms with Gasteiger partial charge >= 0.3 is 0 Å². The van der Waals surface area contributed by atoms with E-state index < -0.39 is 5.60 Å². The minimum Gasteiger partial charge on any atom is -0.383 e. The molecule has 2 aromatic carbocycles. The molecule has 0 aromatic heterocycles. The molecule has 0 bridgehead atoms. The molecule has 120 valence electrons.